The van der Waals surface area contributed by atoms with Crippen molar-refractivity contribution in [2.75, 3.05) is 18.6 Å². The minimum Gasteiger partial charge on any atom is -0.507 e. The maximum atomic E-state index is 13.5. The average molecular weight is 528 g/mol. The largest absolute Gasteiger partial charge is 0.507 e. The molecule has 202 valence electrons. The Morgan fingerprint density at radius 3 is 2.21 bits per heavy atom. The maximum Gasteiger partial charge on any atom is 0.337 e. The number of nitrogens with zero attached hydrogens (tertiary/aromatic N) is 1. The molecule has 0 bridgehead atoms. The van der Waals surface area contributed by atoms with Crippen molar-refractivity contribution in [2.24, 2.45) is 0 Å². The van der Waals surface area contributed by atoms with Crippen LogP contribution in [0.3, 0.4) is 0 Å². The van der Waals surface area contributed by atoms with E-state index in [2.05, 4.69) is 20.8 Å². The summed E-state index contributed by atoms with van der Waals surface area (Å²) in [7, 11) is 1.29. The molecule has 3 aromatic rings. The van der Waals surface area contributed by atoms with Crippen LogP contribution < -0.4 is 9.64 Å². The highest BCUT2D eigenvalue weighted by Crippen LogP contribution is 2.43. The van der Waals surface area contributed by atoms with Crippen LogP contribution in [0.25, 0.3) is 5.76 Å². The van der Waals surface area contributed by atoms with E-state index in [0.717, 1.165) is 12.0 Å². The van der Waals surface area contributed by atoms with Crippen LogP contribution in [-0.4, -0.2) is 36.5 Å². The van der Waals surface area contributed by atoms with Gasteiger partial charge in [-0.25, -0.2) is 4.79 Å². The number of carbonyl (C=O) groups excluding carboxylic acids is 3. The number of aliphatic hydroxyl groups is 1. The molecule has 0 aromatic heterocycles. The number of anilines is 1. The molecule has 1 heterocycles. The van der Waals surface area contributed by atoms with Gasteiger partial charge in [-0.1, -0.05) is 64.1 Å². The lowest BCUT2D eigenvalue weighted by Gasteiger charge is -2.26. The number of ether oxygens (including phenoxy) is 2. The Hall–Kier alpha value is -4.39. The van der Waals surface area contributed by atoms with Gasteiger partial charge in [0.05, 0.1) is 30.9 Å². The molecule has 0 radical (unpaired) electrons. The summed E-state index contributed by atoms with van der Waals surface area (Å²) in [5.74, 6) is -1.81. The van der Waals surface area contributed by atoms with Gasteiger partial charge < -0.3 is 14.6 Å². The minimum absolute atomic E-state index is 0.0202. The highest BCUT2D eigenvalue weighted by Gasteiger charge is 2.47. The first-order chi connectivity index (χ1) is 18.6. The number of Topliss-reactive ketones (excluding diaryl/α,β-unsaturated/α-hetero) is 1. The first-order valence-electron chi connectivity index (χ1n) is 12.9. The van der Waals surface area contributed by atoms with Gasteiger partial charge in [0, 0.05) is 11.3 Å². The molecule has 1 aliphatic rings. The van der Waals surface area contributed by atoms with E-state index in [0.29, 0.717) is 34.7 Å². The van der Waals surface area contributed by atoms with Gasteiger partial charge in [0.1, 0.15) is 11.5 Å². The quantitative estimate of drug-likeness (QED) is 0.171. The van der Waals surface area contributed by atoms with Gasteiger partial charge >= 0.3 is 5.97 Å². The third-order valence-corrected chi connectivity index (χ3v) is 6.68. The Morgan fingerprint density at radius 1 is 0.949 bits per heavy atom. The summed E-state index contributed by atoms with van der Waals surface area (Å²) in [6, 6.07) is 19.9. The molecular weight excluding hydrogens is 494 g/mol. The van der Waals surface area contributed by atoms with E-state index in [4.69, 9.17) is 9.47 Å². The summed E-state index contributed by atoms with van der Waals surface area (Å²) < 4.78 is 10.5. The normalized spacial score (nSPS) is 16.8. The van der Waals surface area contributed by atoms with Crippen LogP contribution >= 0.6 is 0 Å². The number of methoxy groups -OCH3 is 1. The van der Waals surface area contributed by atoms with Crippen LogP contribution in [0.1, 0.15) is 67.2 Å². The molecule has 1 amide bonds. The molecular formula is C32H33NO6. The number of esters is 1. The van der Waals surface area contributed by atoms with Gasteiger partial charge in [-0.3, -0.25) is 14.5 Å². The molecule has 3 aromatic carbocycles. The third kappa shape index (κ3) is 5.58. The van der Waals surface area contributed by atoms with E-state index in [1.54, 1.807) is 36.4 Å². The Bertz CT molecular complexity index is 1410. The molecule has 1 atom stereocenters. The fourth-order valence-corrected chi connectivity index (χ4v) is 4.56. The summed E-state index contributed by atoms with van der Waals surface area (Å²) in [4.78, 5) is 40.2. The molecule has 1 aliphatic heterocycles. The van der Waals surface area contributed by atoms with Gasteiger partial charge in [-0.15, -0.1) is 0 Å². The first kappa shape index (κ1) is 27.6. The van der Waals surface area contributed by atoms with E-state index < -0.39 is 23.7 Å². The number of amides is 1. The molecule has 7 nitrogen and oxygen atoms in total. The summed E-state index contributed by atoms with van der Waals surface area (Å²) in [6.45, 7) is 8.81. The molecule has 0 spiro atoms. The number of hydrogen-bond acceptors (Lipinski definition) is 6. The number of benzene rings is 3. The fourth-order valence-electron chi connectivity index (χ4n) is 4.56. The van der Waals surface area contributed by atoms with E-state index >= 15 is 0 Å². The zero-order chi connectivity index (χ0) is 28.3. The molecule has 4 rings (SSSR count). The molecule has 0 saturated carbocycles. The van der Waals surface area contributed by atoms with Gasteiger partial charge in [-0.05, 0) is 59.4 Å². The van der Waals surface area contributed by atoms with E-state index in [-0.39, 0.29) is 16.7 Å². The van der Waals surface area contributed by atoms with E-state index in [1.807, 2.05) is 31.2 Å². The highest BCUT2D eigenvalue weighted by atomic mass is 16.5. The average Bonchev–Trinajstić information content (AvgIpc) is 3.20. The van der Waals surface area contributed by atoms with Crippen LogP contribution in [0.2, 0.25) is 0 Å². The number of hydrogen-bond donors (Lipinski definition) is 1. The van der Waals surface area contributed by atoms with Crippen molar-refractivity contribution in [3.05, 3.63) is 101 Å². The van der Waals surface area contributed by atoms with Gasteiger partial charge in [0.2, 0.25) is 0 Å². The lowest BCUT2D eigenvalue weighted by molar-refractivity contribution is -0.132. The number of aliphatic hydroxyl groups excluding tert-OH is 1. The Balaban J connectivity index is 1.87. The van der Waals surface area contributed by atoms with E-state index in [1.165, 1.54) is 24.1 Å². The summed E-state index contributed by atoms with van der Waals surface area (Å²) in [5, 5.41) is 11.5. The van der Waals surface area contributed by atoms with Crippen LogP contribution in [-0.2, 0) is 19.7 Å². The molecule has 39 heavy (non-hydrogen) atoms. The smallest absolute Gasteiger partial charge is 0.337 e. The monoisotopic (exact) mass is 527 g/mol. The van der Waals surface area contributed by atoms with Crippen molar-refractivity contribution in [3.63, 3.8) is 0 Å². The van der Waals surface area contributed by atoms with Crippen molar-refractivity contribution >= 4 is 29.1 Å². The number of rotatable bonds is 7. The molecule has 1 fully saturated rings. The zero-order valence-corrected chi connectivity index (χ0v) is 22.9. The van der Waals surface area contributed by atoms with Gasteiger partial charge in [-0.2, -0.15) is 0 Å². The fraction of sp³-hybridized carbons (Fsp3) is 0.281. The molecule has 7 heteroatoms. The predicted octanol–water partition coefficient (Wildman–Crippen LogP) is 6.19. The van der Waals surface area contributed by atoms with Crippen molar-refractivity contribution in [3.8, 4) is 5.75 Å². The molecule has 1 saturated heterocycles. The second-order valence-electron chi connectivity index (χ2n) is 10.5. The van der Waals surface area contributed by atoms with Crippen molar-refractivity contribution in [1.82, 2.24) is 0 Å². The lowest BCUT2D eigenvalue weighted by Crippen LogP contribution is -2.29. The highest BCUT2D eigenvalue weighted by molar-refractivity contribution is 6.51. The molecule has 0 aliphatic carbocycles. The second-order valence-corrected chi connectivity index (χ2v) is 10.5. The predicted molar refractivity (Wildman–Crippen MR) is 150 cm³/mol. The topological polar surface area (TPSA) is 93.1 Å². The lowest BCUT2D eigenvalue weighted by atomic mass is 9.85. The number of carbonyl (C=O) groups is 3. The van der Waals surface area contributed by atoms with Crippen molar-refractivity contribution < 1.29 is 29.0 Å². The van der Waals surface area contributed by atoms with Crippen LogP contribution in [0.15, 0.2) is 78.4 Å². The van der Waals surface area contributed by atoms with Crippen molar-refractivity contribution in [1.29, 1.82) is 0 Å². The molecule has 1 unspecified atom stereocenters. The SMILES string of the molecule is CCCOc1cccc(/C(O)=C2\C(=O)C(=O)N(c3ccc(C(=O)OC)cc3)C2c2ccc(C(C)(C)C)cc2)c1. The van der Waals surface area contributed by atoms with Crippen LogP contribution in [0.4, 0.5) is 5.69 Å². The maximum absolute atomic E-state index is 13.5. The zero-order valence-electron chi connectivity index (χ0n) is 22.9. The second kappa shape index (κ2) is 11.2. The summed E-state index contributed by atoms with van der Waals surface area (Å²) >= 11 is 0. The Morgan fingerprint density at radius 2 is 1.62 bits per heavy atom. The Labute approximate surface area is 228 Å². The third-order valence-electron chi connectivity index (χ3n) is 6.68. The van der Waals surface area contributed by atoms with Gasteiger partial charge in [0.15, 0.2) is 0 Å². The Kier molecular flexibility index (Phi) is 7.90. The standard InChI is InChI=1S/C32H33NO6/c1-6-18-39-25-9-7-8-22(19-25)28(34)26-27(20-10-14-23(15-11-20)32(2,3)4)33(30(36)29(26)35)24-16-12-21(13-17-24)31(37)38-5/h7-17,19,27,34H,6,18H2,1-5H3/b28-26+. The van der Waals surface area contributed by atoms with Crippen LogP contribution in [0, 0.1) is 0 Å². The van der Waals surface area contributed by atoms with Crippen LogP contribution in [0.5, 0.6) is 5.75 Å². The minimum atomic E-state index is -0.886. The van der Waals surface area contributed by atoms with Crippen molar-refractivity contribution in [2.45, 2.75) is 45.6 Å². The molecule has 1 N–H and O–H groups in total. The first-order valence-corrected chi connectivity index (χ1v) is 12.9. The van der Waals surface area contributed by atoms with Gasteiger partial charge in [0.25, 0.3) is 11.7 Å². The summed E-state index contributed by atoms with van der Waals surface area (Å²) in [5.41, 5.74) is 2.74. The van der Waals surface area contributed by atoms with E-state index in [9.17, 15) is 19.5 Å². The summed E-state index contributed by atoms with van der Waals surface area (Å²) in [6.07, 6.45) is 0.820. The number of ketones is 1.